The largest absolute Gasteiger partial charge is 0.480 e. The summed E-state index contributed by atoms with van der Waals surface area (Å²) in [5, 5.41) is 11.4. The Morgan fingerprint density at radius 1 is 1.38 bits per heavy atom. The second-order valence-electron chi connectivity index (χ2n) is 4.28. The van der Waals surface area contributed by atoms with E-state index in [1.54, 1.807) is 0 Å². The average Bonchev–Trinajstić information content (AvgIpc) is 2.32. The lowest BCUT2D eigenvalue weighted by Gasteiger charge is -2.18. The van der Waals surface area contributed by atoms with Crippen molar-refractivity contribution in [2.45, 2.75) is 13.3 Å². The van der Waals surface area contributed by atoms with Crippen LogP contribution in [-0.4, -0.2) is 41.5 Å². The summed E-state index contributed by atoms with van der Waals surface area (Å²) in [4.78, 5) is 24.0. The molecule has 0 bridgehead atoms. The zero-order chi connectivity index (χ0) is 15.1. The number of amides is 1. The maximum atomic E-state index is 12.9. The molecule has 0 aliphatic heterocycles. The molecule has 0 fully saturated rings. The van der Waals surface area contributed by atoms with Gasteiger partial charge in [0.05, 0.1) is 23.8 Å². The summed E-state index contributed by atoms with van der Waals surface area (Å²) in [5.41, 5.74) is 0.296. The number of benzene rings is 1. The minimum Gasteiger partial charge on any atom is -0.480 e. The highest BCUT2D eigenvalue weighted by molar-refractivity contribution is 6.33. The molecule has 2 N–H and O–H groups in total. The fourth-order valence-electron chi connectivity index (χ4n) is 1.71. The highest BCUT2D eigenvalue weighted by atomic mass is 35.5. The number of nitrogens with zero attached hydrogens (tertiary/aromatic N) is 1. The topological polar surface area (TPSA) is 69.6 Å². The van der Waals surface area contributed by atoms with Crippen molar-refractivity contribution in [3.05, 3.63) is 29.0 Å². The van der Waals surface area contributed by atoms with E-state index in [1.165, 1.54) is 17.0 Å². The zero-order valence-electron chi connectivity index (χ0n) is 11.4. The van der Waals surface area contributed by atoms with Crippen molar-refractivity contribution in [2.24, 2.45) is 0 Å². The van der Waals surface area contributed by atoms with Crippen LogP contribution in [0.4, 0.5) is 10.1 Å². The Hall–Kier alpha value is -1.37. The number of hydrogen-bond acceptors (Lipinski definition) is 3. The quantitative estimate of drug-likeness (QED) is 0.801. The molecule has 1 rings (SSSR count). The van der Waals surface area contributed by atoms with Crippen LogP contribution in [0.15, 0.2) is 18.2 Å². The van der Waals surface area contributed by atoms with Gasteiger partial charge in [0.1, 0.15) is 5.82 Å². The molecular formula is C13H17Cl2FN2O3. The monoisotopic (exact) mass is 338 g/mol. The van der Waals surface area contributed by atoms with Crippen LogP contribution in [-0.2, 0) is 9.59 Å². The fraction of sp³-hybridized carbons (Fsp3) is 0.385. The molecule has 5 nitrogen and oxygen atoms in total. The summed E-state index contributed by atoms with van der Waals surface area (Å²) < 4.78 is 12.9. The molecule has 0 unspecified atom stereocenters. The van der Waals surface area contributed by atoms with Crippen LogP contribution in [0, 0.1) is 5.82 Å². The van der Waals surface area contributed by atoms with Crippen molar-refractivity contribution in [3.8, 4) is 0 Å². The Bertz CT molecular complexity index is 500. The van der Waals surface area contributed by atoms with Crippen LogP contribution in [0.3, 0.4) is 0 Å². The summed E-state index contributed by atoms with van der Waals surface area (Å²) in [6, 6.07) is 3.64. The molecule has 0 atom stereocenters. The van der Waals surface area contributed by atoms with Crippen molar-refractivity contribution in [2.75, 3.05) is 25.0 Å². The fourth-order valence-corrected chi connectivity index (χ4v) is 1.92. The number of anilines is 1. The molecule has 118 valence electrons. The van der Waals surface area contributed by atoms with E-state index >= 15 is 0 Å². The summed E-state index contributed by atoms with van der Waals surface area (Å²) in [7, 11) is 0. The summed E-state index contributed by atoms with van der Waals surface area (Å²) in [5.74, 6) is -1.88. The van der Waals surface area contributed by atoms with Crippen LogP contribution < -0.4 is 5.32 Å². The number of carbonyl (C=O) groups is 2. The van der Waals surface area contributed by atoms with Gasteiger partial charge in [-0.2, -0.15) is 0 Å². The Morgan fingerprint density at radius 3 is 2.57 bits per heavy atom. The molecule has 8 heteroatoms. The predicted octanol–water partition coefficient (Wildman–Crippen LogP) is 2.64. The molecule has 0 saturated carbocycles. The lowest BCUT2D eigenvalue weighted by Crippen LogP contribution is -2.37. The molecule has 0 radical (unpaired) electrons. The number of carboxylic acid groups (broad SMARTS) is 1. The maximum absolute atomic E-state index is 12.9. The van der Waals surface area contributed by atoms with Crippen molar-refractivity contribution < 1.29 is 19.1 Å². The number of carbonyl (C=O) groups excluding carboxylic acids is 1. The van der Waals surface area contributed by atoms with E-state index in [2.05, 4.69) is 5.32 Å². The molecule has 1 aromatic carbocycles. The third-order valence-corrected chi connectivity index (χ3v) is 2.78. The van der Waals surface area contributed by atoms with E-state index in [-0.39, 0.29) is 30.5 Å². The smallest absolute Gasteiger partial charge is 0.317 e. The van der Waals surface area contributed by atoms with Gasteiger partial charge in [-0.05, 0) is 31.2 Å². The number of aliphatic carboxylic acids is 1. The van der Waals surface area contributed by atoms with E-state index < -0.39 is 17.7 Å². The Kier molecular flexibility index (Phi) is 8.92. The Labute approximate surface area is 133 Å². The third kappa shape index (κ3) is 7.27. The van der Waals surface area contributed by atoms with Crippen LogP contribution in [0.25, 0.3) is 0 Å². The predicted molar refractivity (Wildman–Crippen MR) is 81.7 cm³/mol. The van der Waals surface area contributed by atoms with Crippen LogP contribution in [0.1, 0.15) is 13.3 Å². The number of rotatable bonds is 7. The second-order valence-corrected chi connectivity index (χ2v) is 4.68. The summed E-state index contributed by atoms with van der Waals surface area (Å²) in [6.07, 6.45) is 0.734. The SMILES string of the molecule is CCCN(CC(=O)O)CC(=O)Nc1ccc(F)cc1Cl.Cl. The first kappa shape index (κ1) is 19.6. The first-order chi connectivity index (χ1) is 9.42. The minimum absolute atomic E-state index is 0. The minimum atomic E-state index is -0.994. The van der Waals surface area contributed by atoms with Gasteiger partial charge in [0.15, 0.2) is 0 Å². The molecule has 0 aromatic heterocycles. The molecular weight excluding hydrogens is 322 g/mol. The molecule has 1 amide bonds. The van der Waals surface area contributed by atoms with Crippen molar-refractivity contribution in [1.82, 2.24) is 4.90 Å². The van der Waals surface area contributed by atoms with Crippen LogP contribution >= 0.6 is 24.0 Å². The van der Waals surface area contributed by atoms with Crippen LogP contribution in [0.5, 0.6) is 0 Å². The highest BCUT2D eigenvalue weighted by Gasteiger charge is 2.14. The number of nitrogens with one attached hydrogen (secondary N) is 1. The number of hydrogen-bond donors (Lipinski definition) is 2. The van der Waals surface area contributed by atoms with Crippen molar-refractivity contribution in [1.29, 1.82) is 0 Å². The number of halogens is 3. The van der Waals surface area contributed by atoms with Crippen LogP contribution in [0.2, 0.25) is 5.02 Å². The maximum Gasteiger partial charge on any atom is 0.317 e. The molecule has 0 spiro atoms. The summed E-state index contributed by atoms with van der Waals surface area (Å²) >= 11 is 5.79. The summed E-state index contributed by atoms with van der Waals surface area (Å²) in [6.45, 7) is 2.12. The Balaban J connectivity index is 0.00000400. The lowest BCUT2D eigenvalue weighted by atomic mass is 10.3. The van der Waals surface area contributed by atoms with Gasteiger partial charge in [-0.1, -0.05) is 18.5 Å². The van der Waals surface area contributed by atoms with E-state index in [4.69, 9.17) is 16.7 Å². The molecule has 1 aromatic rings. The van der Waals surface area contributed by atoms with Gasteiger partial charge in [-0.25, -0.2) is 4.39 Å². The first-order valence-electron chi connectivity index (χ1n) is 6.11. The molecule has 0 aliphatic rings. The van der Waals surface area contributed by atoms with Gasteiger partial charge in [-0.15, -0.1) is 12.4 Å². The number of carboxylic acids is 1. The standard InChI is InChI=1S/C13H16ClFN2O3.ClH/c1-2-5-17(8-13(19)20)7-12(18)16-11-4-3-9(15)6-10(11)14;/h3-4,6H,2,5,7-8H2,1H3,(H,16,18)(H,19,20);1H. The molecule has 0 heterocycles. The van der Waals surface area contributed by atoms with E-state index in [0.29, 0.717) is 12.2 Å². The Morgan fingerprint density at radius 2 is 2.05 bits per heavy atom. The zero-order valence-corrected chi connectivity index (χ0v) is 13.0. The third-order valence-electron chi connectivity index (χ3n) is 2.47. The highest BCUT2D eigenvalue weighted by Crippen LogP contribution is 2.22. The lowest BCUT2D eigenvalue weighted by molar-refractivity contribution is -0.138. The molecule has 0 saturated heterocycles. The van der Waals surface area contributed by atoms with E-state index in [0.717, 1.165) is 12.5 Å². The molecule has 21 heavy (non-hydrogen) atoms. The van der Waals surface area contributed by atoms with Gasteiger partial charge in [0.25, 0.3) is 0 Å². The van der Waals surface area contributed by atoms with Crippen molar-refractivity contribution >= 4 is 41.6 Å². The average molecular weight is 339 g/mol. The van der Waals surface area contributed by atoms with E-state index in [9.17, 15) is 14.0 Å². The van der Waals surface area contributed by atoms with Crippen molar-refractivity contribution in [3.63, 3.8) is 0 Å². The first-order valence-corrected chi connectivity index (χ1v) is 6.49. The van der Waals surface area contributed by atoms with Gasteiger partial charge in [-0.3, -0.25) is 14.5 Å². The van der Waals surface area contributed by atoms with Gasteiger partial charge in [0.2, 0.25) is 5.91 Å². The van der Waals surface area contributed by atoms with E-state index in [1.807, 2.05) is 6.92 Å². The van der Waals surface area contributed by atoms with Gasteiger partial charge >= 0.3 is 5.97 Å². The normalized spacial score (nSPS) is 10.1. The molecule has 0 aliphatic carbocycles. The second kappa shape index (κ2) is 9.55. The van der Waals surface area contributed by atoms with Gasteiger partial charge < -0.3 is 10.4 Å². The van der Waals surface area contributed by atoms with Gasteiger partial charge in [0, 0.05) is 0 Å².